The number of methoxy groups -OCH3 is 1. The number of pyridine rings is 1. The normalized spacial score (nSPS) is 11.0. The molecule has 3 aromatic rings. The summed E-state index contributed by atoms with van der Waals surface area (Å²) in [5.41, 5.74) is 6.27. The molecule has 5 nitrogen and oxygen atoms in total. The van der Waals surface area contributed by atoms with Crippen molar-refractivity contribution in [3.05, 3.63) is 65.9 Å². The predicted octanol–water partition coefficient (Wildman–Crippen LogP) is 6.15. The summed E-state index contributed by atoms with van der Waals surface area (Å²) in [6.07, 6.45) is 1.79. The van der Waals surface area contributed by atoms with Crippen molar-refractivity contribution in [3.63, 3.8) is 0 Å². The molecule has 0 bridgehead atoms. The van der Waals surface area contributed by atoms with E-state index in [0.717, 1.165) is 39.3 Å². The minimum atomic E-state index is -0.350. The van der Waals surface area contributed by atoms with Gasteiger partial charge in [0.2, 0.25) is 0 Å². The van der Waals surface area contributed by atoms with Gasteiger partial charge in [-0.3, -0.25) is 0 Å². The number of hydrogen-bond donors (Lipinski definition) is 2. The van der Waals surface area contributed by atoms with Gasteiger partial charge in [-0.15, -0.1) is 0 Å². The number of carbonyl (C=O) groups excluding carboxylic acids is 1. The van der Waals surface area contributed by atoms with E-state index in [9.17, 15) is 4.79 Å². The fourth-order valence-corrected chi connectivity index (χ4v) is 3.64. The molecule has 1 aromatic heterocycles. The summed E-state index contributed by atoms with van der Waals surface area (Å²) in [5.74, 6) is 0.457. The van der Waals surface area contributed by atoms with Gasteiger partial charge in [-0.05, 0) is 81.1 Å². The Morgan fingerprint density at radius 2 is 1.45 bits per heavy atom. The van der Waals surface area contributed by atoms with Crippen LogP contribution in [0.25, 0.3) is 22.3 Å². The zero-order chi connectivity index (χ0) is 22.5. The van der Waals surface area contributed by atoms with Gasteiger partial charge in [0.25, 0.3) is 0 Å². The molecule has 5 heteroatoms. The van der Waals surface area contributed by atoms with Crippen LogP contribution in [0.1, 0.15) is 43.6 Å². The molecule has 0 atom stereocenters. The Morgan fingerprint density at radius 1 is 0.839 bits per heavy atom. The number of hydrogen-bond acceptors (Lipinski definition) is 5. The Balaban J connectivity index is 2.03. The van der Waals surface area contributed by atoms with Crippen molar-refractivity contribution in [2.75, 3.05) is 17.7 Å². The first-order chi connectivity index (χ1) is 14.8. The quantitative estimate of drug-likeness (QED) is 0.451. The fourth-order valence-electron chi connectivity index (χ4n) is 3.64. The molecule has 2 aromatic carbocycles. The second kappa shape index (κ2) is 9.65. The SMILES string of the molecule is COC(=O)c1c(-c2ccc(NC(C)C)nc2)ccc(-c2ccc(NC(C)C)cc2)c1C. The van der Waals surface area contributed by atoms with Crippen LogP contribution in [0.4, 0.5) is 11.5 Å². The third kappa shape index (κ3) is 5.23. The van der Waals surface area contributed by atoms with E-state index in [1.165, 1.54) is 7.11 Å². The maximum atomic E-state index is 12.7. The van der Waals surface area contributed by atoms with Gasteiger partial charge in [-0.2, -0.15) is 0 Å². The van der Waals surface area contributed by atoms with Crippen LogP contribution < -0.4 is 10.6 Å². The molecule has 162 valence electrons. The van der Waals surface area contributed by atoms with Gasteiger partial charge in [0, 0.05) is 29.5 Å². The summed E-state index contributed by atoms with van der Waals surface area (Å²) in [4.78, 5) is 17.2. The van der Waals surface area contributed by atoms with Crippen molar-refractivity contribution < 1.29 is 9.53 Å². The third-order valence-corrected chi connectivity index (χ3v) is 5.02. The lowest BCUT2D eigenvalue weighted by atomic mass is 9.90. The first-order valence-corrected chi connectivity index (χ1v) is 10.6. The molecule has 0 spiro atoms. The second-order valence-corrected chi connectivity index (χ2v) is 8.26. The maximum absolute atomic E-state index is 12.7. The number of ether oxygens (including phenoxy) is 1. The third-order valence-electron chi connectivity index (χ3n) is 5.02. The number of benzene rings is 2. The van der Waals surface area contributed by atoms with Gasteiger partial charge in [0.1, 0.15) is 5.82 Å². The van der Waals surface area contributed by atoms with E-state index < -0.39 is 0 Å². The highest BCUT2D eigenvalue weighted by Gasteiger charge is 2.20. The molecule has 0 aliphatic carbocycles. The maximum Gasteiger partial charge on any atom is 0.338 e. The lowest BCUT2D eigenvalue weighted by Crippen LogP contribution is -2.11. The fraction of sp³-hybridized carbons (Fsp3) is 0.308. The number of anilines is 2. The molecule has 0 unspecified atom stereocenters. The molecule has 1 heterocycles. The van der Waals surface area contributed by atoms with Crippen molar-refractivity contribution in [1.82, 2.24) is 4.98 Å². The summed E-state index contributed by atoms with van der Waals surface area (Å²) in [6.45, 7) is 10.3. The smallest absolute Gasteiger partial charge is 0.338 e. The highest BCUT2D eigenvalue weighted by Crippen LogP contribution is 2.34. The number of aromatic nitrogens is 1. The summed E-state index contributed by atoms with van der Waals surface area (Å²) in [7, 11) is 1.42. The molecule has 0 aliphatic heterocycles. The van der Waals surface area contributed by atoms with E-state index in [1.54, 1.807) is 6.20 Å². The molecule has 3 rings (SSSR count). The summed E-state index contributed by atoms with van der Waals surface area (Å²) in [6, 6.07) is 16.9. The van der Waals surface area contributed by atoms with Gasteiger partial charge >= 0.3 is 5.97 Å². The van der Waals surface area contributed by atoms with Gasteiger partial charge in [-0.1, -0.05) is 24.3 Å². The minimum absolute atomic E-state index is 0.299. The standard InChI is InChI=1S/C26H31N3O2/c1-16(2)28-21-10-7-19(8-11-21)22-12-13-23(25(18(22)5)26(30)31-6)20-9-14-24(27-15-20)29-17(3)4/h7-17,28H,1-6H3,(H,27,29). The van der Waals surface area contributed by atoms with Crippen molar-refractivity contribution in [2.45, 2.75) is 46.7 Å². The highest BCUT2D eigenvalue weighted by atomic mass is 16.5. The number of rotatable bonds is 7. The molecule has 0 saturated carbocycles. The van der Waals surface area contributed by atoms with Gasteiger partial charge in [0.05, 0.1) is 12.7 Å². The lowest BCUT2D eigenvalue weighted by Gasteiger charge is -2.17. The Bertz CT molecular complexity index is 1040. The molecular formula is C26H31N3O2. The van der Waals surface area contributed by atoms with Crippen molar-refractivity contribution >= 4 is 17.5 Å². The predicted molar refractivity (Wildman–Crippen MR) is 129 cm³/mol. The van der Waals surface area contributed by atoms with Crippen LogP contribution in [0.5, 0.6) is 0 Å². The van der Waals surface area contributed by atoms with Gasteiger partial charge < -0.3 is 15.4 Å². The van der Waals surface area contributed by atoms with Gasteiger partial charge in [0.15, 0.2) is 0 Å². The summed E-state index contributed by atoms with van der Waals surface area (Å²) in [5, 5.41) is 6.68. The van der Waals surface area contributed by atoms with Crippen LogP contribution in [-0.4, -0.2) is 30.1 Å². The van der Waals surface area contributed by atoms with Crippen molar-refractivity contribution in [2.24, 2.45) is 0 Å². The average molecular weight is 418 g/mol. The van der Waals surface area contributed by atoms with Crippen LogP contribution in [0.2, 0.25) is 0 Å². The Kier molecular flexibility index (Phi) is 6.95. The molecule has 0 aliphatic rings. The van der Waals surface area contributed by atoms with E-state index in [0.29, 0.717) is 17.6 Å². The largest absolute Gasteiger partial charge is 0.465 e. The van der Waals surface area contributed by atoms with E-state index in [1.807, 2.05) is 25.1 Å². The molecule has 0 fully saturated rings. The summed E-state index contributed by atoms with van der Waals surface area (Å²) >= 11 is 0. The van der Waals surface area contributed by atoms with E-state index in [-0.39, 0.29) is 5.97 Å². The number of carbonyl (C=O) groups is 1. The van der Waals surface area contributed by atoms with E-state index in [2.05, 4.69) is 73.6 Å². The van der Waals surface area contributed by atoms with Crippen LogP contribution in [0, 0.1) is 6.92 Å². The molecule has 31 heavy (non-hydrogen) atoms. The Morgan fingerprint density at radius 3 is 2.00 bits per heavy atom. The molecule has 0 radical (unpaired) electrons. The number of nitrogens with zero attached hydrogens (tertiary/aromatic N) is 1. The topological polar surface area (TPSA) is 63.2 Å². The Hall–Kier alpha value is -3.34. The minimum Gasteiger partial charge on any atom is -0.465 e. The van der Waals surface area contributed by atoms with Crippen LogP contribution in [0.3, 0.4) is 0 Å². The zero-order valence-electron chi connectivity index (χ0n) is 19.1. The number of nitrogens with one attached hydrogen (secondary N) is 2. The summed E-state index contributed by atoms with van der Waals surface area (Å²) < 4.78 is 5.13. The second-order valence-electron chi connectivity index (χ2n) is 8.26. The van der Waals surface area contributed by atoms with E-state index in [4.69, 9.17) is 4.74 Å². The van der Waals surface area contributed by atoms with Gasteiger partial charge in [-0.25, -0.2) is 9.78 Å². The van der Waals surface area contributed by atoms with Crippen LogP contribution >= 0.6 is 0 Å². The first kappa shape index (κ1) is 22.3. The molecule has 2 N–H and O–H groups in total. The monoisotopic (exact) mass is 417 g/mol. The highest BCUT2D eigenvalue weighted by molar-refractivity contribution is 6.01. The lowest BCUT2D eigenvalue weighted by molar-refractivity contribution is 0.0601. The first-order valence-electron chi connectivity index (χ1n) is 10.6. The molecule has 0 amide bonds. The van der Waals surface area contributed by atoms with Crippen molar-refractivity contribution in [1.29, 1.82) is 0 Å². The Labute approximate surface area is 184 Å². The van der Waals surface area contributed by atoms with Crippen molar-refractivity contribution in [3.8, 4) is 22.3 Å². The van der Waals surface area contributed by atoms with Crippen LogP contribution in [0.15, 0.2) is 54.7 Å². The zero-order valence-corrected chi connectivity index (χ0v) is 19.1. The van der Waals surface area contributed by atoms with E-state index >= 15 is 0 Å². The number of esters is 1. The average Bonchev–Trinajstić information content (AvgIpc) is 2.73. The molecular weight excluding hydrogens is 386 g/mol. The molecule has 0 saturated heterocycles. The van der Waals surface area contributed by atoms with Crippen LogP contribution in [-0.2, 0) is 4.74 Å².